The molecule has 6 heteroatoms. The highest BCUT2D eigenvalue weighted by Crippen LogP contribution is 2.60. The lowest BCUT2D eigenvalue weighted by molar-refractivity contribution is -0.162. The maximum Gasteiger partial charge on any atom is 0.245 e. The van der Waals surface area contributed by atoms with Crippen molar-refractivity contribution in [3.8, 4) is 6.07 Å². The Balaban J connectivity index is 1.09. The van der Waals surface area contributed by atoms with E-state index in [1.54, 1.807) is 0 Å². The van der Waals surface area contributed by atoms with Crippen LogP contribution >= 0.6 is 0 Å². The molecule has 0 aromatic heterocycles. The molecule has 0 N–H and O–H groups in total. The van der Waals surface area contributed by atoms with Crippen molar-refractivity contribution in [2.24, 2.45) is 23.2 Å². The van der Waals surface area contributed by atoms with Crippen LogP contribution in [0.25, 0.3) is 0 Å². The lowest BCUT2D eigenvalue weighted by atomic mass is 9.49. The van der Waals surface area contributed by atoms with Crippen molar-refractivity contribution in [1.82, 2.24) is 14.7 Å². The average Bonchev–Trinajstić information content (AvgIpc) is 3.23. The largest absolute Gasteiger partial charge is 0.340 e. The monoisotopic (exact) mass is 474 g/mol. The lowest BCUT2D eigenvalue weighted by Gasteiger charge is -2.56. The van der Waals surface area contributed by atoms with Gasteiger partial charge in [-0.2, -0.15) is 5.26 Å². The molecule has 1 aromatic rings. The van der Waals surface area contributed by atoms with E-state index < -0.39 is 0 Å². The van der Waals surface area contributed by atoms with E-state index in [1.807, 2.05) is 34.1 Å². The Hall–Kier alpha value is -2.39. The number of amides is 2. The summed E-state index contributed by atoms with van der Waals surface area (Å²) >= 11 is 0. The van der Waals surface area contributed by atoms with E-state index in [9.17, 15) is 9.59 Å². The van der Waals surface area contributed by atoms with Crippen LogP contribution in [0.2, 0.25) is 0 Å². The van der Waals surface area contributed by atoms with Crippen LogP contribution in [0.3, 0.4) is 0 Å². The van der Waals surface area contributed by atoms with Gasteiger partial charge in [0.05, 0.1) is 17.0 Å². The third-order valence-corrected chi connectivity index (χ3v) is 9.68. The van der Waals surface area contributed by atoms with E-state index in [0.29, 0.717) is 11.5 Å². The number of likely N-dealkylation sites (tertiary alicyclic amines) is 1. The van der Waals surface area contributed by atoms with Gasteiger partial charge in [0.2, 0.25) is 11.8 Å². The molecule has 35 heavy (non-hydrogen) atoms. The SMILES string of the molecule is N#Cc1ccc(CN2CCCN(C(=O)C3CCCN3C(=O)C34CC5CC(CC(C5)C3)C4)CC2)cc1. The van der Waals surface area contributed by atoms with Crippen LogP contribution in [-0.4, -0.2) is 65.3 Å². The highest BCUT2D eigenvalue weighted by atomic mass is 16.2. The van der Waals surface area contributed by atoms with Gasteiger partial charge in [0.25, 0.3) is 0 Å². The third kappa shape index (κ3) is 4.37. The number of hydrogen-bond acceptors (Lipinski definition) is 4. The predicted molar refractivity (Wildman–Crippen MR) is 133 cm³/mol. The molecule has 2 aliphatic heterocycles. The van der Waals surface area contributed by atoms with E-state index >= 15 is 0 Å². The van der Waals surface area contributed by atoms with Gasteiger partial charge in [0.1, 0.15) is 6.04 Å². The molecule has 6 aliphatic rings. The van der Waals surface area contributed by atoms with Crippen LogP contribution in [0.1, 0.15) is 68.9 Å². The summed E-state index contributed by atoms with van der Waals surface area (Å²) in [5.74, 6) is 2.74. The molecule has 2 heterocycles. The number of carbonyl (C=O) groups excluding carboxylic acids is 2. The maximum absolute atomic E-state index is 14.0. The van der Waals surface area contributed by atoms with Crippen LogP contribution in [0.15, 0.2) is 24.3 Å². The molecule has 4 aliphatic carbocycles. The number of rotatable bonds is 4. The molecule has 1 atom stereocenters. The van der Waals surface area contributed by atoms with Crippen LogP contribution in [0.5, 0.6) is 0 Å². The van der Waals surface area contributed by atoms with Crippen LogP contribution < -0.4 is 0 Å². The summed E-state index contributed by atoms with van der Waals surface area (Å²) in [6.07, 6.45) is 9.95. The Morgan fingerprint density at radius 1 is 0.886 bits per heavy atom. The van der Waals surface area contributed by atoms with Crippen LogP contribution in [0.4, 0.5) is 0 Å². The number of benzene rings is 1. The molecule has 0 spiro atoms. The molecule has 186 valence electrons. The van der Waals surface area contributed by atoms with E-state index in [-0.39, 0.29) is 17.4 Å². The molecule has 1 unspecified atom stereocenters. The zero-order chi connectivity index (χ0) is 24.0. The van der Waals surface area contributed by atoms with E-state index in [1.165, 1.54) is 24.8 Å². The van der Waals surface area contributed by atoms with Crippen molar-refractivity contribution < 1.29 is 9.59 Å². The van der Waals surface area contributed by atoms with Gasteiger partial charge in [0, 0.05) is 39.3 Å². The van der Waals surface area contributed by atoms with Crippen LogP contribution in [-0.2, 0) is 16.1 Å². The summed E-state index contributed by atoms with van der Waals surface area (Å²) in [4.78, 5) is 34.2. The standard InChI is InChI=1S/C29H38N4O2/c30-19-21-4-6-22(7-5-21)20-31-8-2-9-32(12-11-31)27(34)26-3-1-10-33(26)28(35)29-16-23-13-24(17-29)15-25(14-23)18-29/h4-7,23-26H,1-3,8-18,20H2. The van der Waals surface area contributed by atoms with E-state index in [0.717, 1.165) is 95.5 Å². The summed E-state index contributed by atoms with van der Waals surface area (Å²) < 4.78 is 0. The zero-order valence-electron chi connectivity index (χ0n) is 20.8. The Bertz CT molecular complexity index is 977. The lowest BCUT2D eigenvalue weighted by Crippen LogP contribution is -2.57. The minimum Gasteiger partial charge on any atom is -0.340 e. The smallest absolute Gasteiger partial charge is 0.245 e. The molecule has 6 nitrogen and oxygen atoms in total. The fraction of sp³-hybridized carbons (Fsp3) is 0.690. The van der Waals surface area contributed by atoms with Gasteiger partial charge in [0.15, 0.2) is 0 Å². The molecular weight excluding hydrogens is 436 g/mol. The molecule has 7 rings (SSSR count). The minimum atomic E-state index is -0.249. The topological polar surface area (TPSA) is 67.7 Å². The second kappa shape index (κ2) is 9.24. The fourth-order valence-electron chi connectivity index (χ4n) is 8.45. The summed E-state index contributed by atoms with van der Waals surface area (Å²) in [6.45, 7) is 4.92. The number of nitriles is 1. The van der Waals surface area contributed by atoms with Crippen LogP contribution in [0, 0.1) is 34.5 Å². The number of carbonyl (C=O) groups is 2. The third-order valence-electron chi connectivity index (χ3n) is 9.68. The number of nitrogens with zero attached hydrogens (tertiary/aromatic N) is 4. The summed E-state index contributed by atoms with van der Waals surface area (Å²) in [5.41, 5.74) is 1.73. The van der Waals surface area contributed by atoms with Crippen molar-refractivity contribution in [2.75, 3.05) is 32.7 Å². The molecule has 1 aromatic carbocycles. The van der Waals surface area contributed by atoms with Gasteiger partial charge in [-0.25, -0.2) is 0 Å². The van der Waals surface area contributed by atoms with Crippen molar-refractivity contribution in [2.45, 2.75) is 70.4 Å². The normalized spacial score (nSPS) is 34.6. The number of hydrogen-bond donors (Lipinski definition) is 0. The first-order chi connectivity index (χ1) is 17.0. The van der Waals surface area contributed by atoms with Crippen molar-refractivity contribution in [3.63, 3.8) is 0 Å². The van der Waals surface area contributed by atoms with Gasteiger partial charge in [-0.3, -0.25) is 14.5 Å². The Labute approximate surface area is 209 Å². The minimum absolute atomic E-state index is 0.158. The molecule has 2 saturated heterocycles. The van der Waals surface area contributed by atoms with Gasteiger partial charge < -0.3 is 9.80 Å². The molecule has 2 amide bonds. The molecule has 4 bridgehead atoms. The van der Waals surface area contributed by atoms with Gasteiger partial charge in [-0.05, 0) is 93.2 Å². The Morgan fingerprint density at radius 2 is 1.57 bits per heavy atom. The van der Waals surface area contributed by atoms with Crippen molar-refractivity contribution in [1.29, 1.82) is 5.26 Å². The molecule has 4 saturated carbocycles. The highest BCUT2D eigenvalue weighted by molar-refractivity contribution is 5.91. The summed E-state index contributed by atoms with van der Waals surface area (Å²) in [5, 5.41) is 9.02. The predicted octanol–water partition coefficient (Wildman–Crippen LogP) is 3.80. The highest BCUT2D eigenvalue weighted by Gasteiger charge is 2.57. The Kier molecular flexibility index (Phi) is 6.08. The van der Waals surface area contributed by atoms with E-state index in [2.05, 4.69) is 11.0 Å². The second-order valence-corrected chi connectivity index (χ2v) is 12.1. The summed E-state index contributed by atoms with van der Waals surface area (Å²) in [7, 11) is 0. The zero-order valence-corrected chi connectivity index (χ0v) is 20.8. The fourth-order valence-corrected chi connectivity index (χ4v) is 8.45. The van der Waals surface area contributed by atoms with Gasteiger partial charge >= 0.3 is 0 Å². The quantitative estimate of drug-likeness (QED) is 0.666. The first kappa shape index (κ1) is 23.0. The Morgan fingerprint density at radius 3 is 2.23 bits per heavy atom. The second-order valence-electron chi connectivity index (χ2n) is 12.1. The first-order valence-electron chi connectivity index (χ1n) is 13.8. The molecule has 6 fully saturated rings. The van der Waals surface area contributed by atoms with Crippen molar-refractivity contribution >= 4 is 11.8 Å². The first-order valence-corrected chi connectivity index (χ1v) is 13.8. The van der Waals surface area contributed by atoms with Crippen molar-refractivity contribution in [3.05, 3.63) is 35.4 Å². The van der Waals surface area contributed by atoms with Gasteiger partial charge in [-0.15, -0.1) is 0 Å². The molecular formula is C29H38N4O2. The van der Waals surface area contributed by atoms with E-state index in [4.69, 9.17) is 5.26 Å². The molecule has 0 radical (unpaired) electrons. The van der Waals surface area contributed by atoms with Gasteiger partial charge in [-0.1, -0.05) is 12.1 Å². The maximum atomic E-state index is 14.0. The average molecular weight is 475 g/mol. The summed E-state index contributed by atoms with van der Waals surface area (Å²) in [6, 6.07) is 9.73.